The van der Waals surface area contributed by atoms with Crippen LogP contribution >= 0.6 is 0 Å². The highest BCUT2D eigenvalue weighted by molar-refractivity contribution is 5.76. The summed E-state index contributed by atoms with van der Waals surface area (Å²) in [5, 5.41) is 18.5. The molecular weight excluding hydrogens is 208 g/mol. The molecule has 0 aliphatic carbocycles. The van der Waals surface area contributed by atoms with E-state index in [9.17, 15) is 9.90 Å². The van der Waals surface area contributed by atoms with E-state index < -0.39 is 11.6 Å². The van der Waals surface area contributed by atoms with Gasteiger partial charge in [-0.05, 0) is 34.0 Å². The van der Waals surface area contributed by atoms with Crippen LogP contribution in [0.4, 0.5) is 0 Å². The van der Waals surface area contributed by atoms with Gasteiger partial charge in [-0.2, -0.15) is 0 Å². The van der Waals surface area contributed by atoms with Gasteiger partial charge >= 0.3 is 5.97 Å². The summed E-state index contributed by atoms with van der Waals surface area (Å²) in [5.41, 5.74) is -1.67. The highest BCUT2D eigenvalue weighted by Crippen LogP contribution is 2.07. The van der Waals surface area contributed by atoms with E-state index in [1.807, 2.05) is 30.8 Å². The Labute approximate surface area is 97.7 Å². The Morgan fingerprint density at radius 3 is 2.19 bits per heavy atom. The fourth-order valence-corrected chi connectivity index (χ4v) is 1.43. The van der Waals surface area contributed by atoms with Crippen molar-refractivity contribution in [3.63, 3.8) is 0 Å². The highest BCUT2D eigenvalue weighted by atomic mass is 16.4. The lowest BCUT2D eigenvalue weighted by molar-refractivity contribution is -0.158. The first-order valence-corrected chi connectivity index (χ1v) is 5.62. The number of carboxylic acid groups (broad SMARTS) is 1. The number of aliphatic hydroxyl groups is 1. The average molecular weight is 232 g/mol. The van der Waals surface area contributed by atoms with Gasteiger partial charge in [0, 0.05) is 19.6 Å². The maximum absolute atomic E-state index is 10.8. The molecule has 1 unspecified atom stereocenters. The van der Waals surface area contributed by atoms with Crippen LogP contribution in [0.2, 0.25) is 0 Å². The Balaban J connectivity index is 4.26. The van der Waals surface area contributed by atoms with Crippen molar-refractivity contribution >= 4 is 5.97 Å². The molecule has 0 aliphatic rings. The molecule has 0 spiro atoms. The first kappa shape index (κ1) is 15.3. The molecule has 0 heterocycles. The van der Waals surface area contributed by atoms with Crippen molar-refractivity contribution in [2.45, 2.75) is 25.9 Å². The van der Waals surface area contributed by atoms with Crippen LogP contribution in [0.15, 0.2) is 0 Å². The number of aliphatic carboxylic acids is 1. The van der Waals surface area contributed by atoms with Crippen LogP contribution in [0.3, 0.4) is 0 Å². The number of nitrogens with zero attached hydrogens (tertiary/aromatic N) is 2. The van der Waals surface area contributed by atoms with Gasteiger partial charge in [0.1, 0.15) is 0 Å². The summed E-state index contributed by atoms with van der Waals surface area (Å²) >= 11 is 0. The van der Waals surface area contributed by atoms with Crippen molar-refractivity contribution in [3.8, 4) is 0 Å². The molecule has 96 valence electrons. The van der Waals surface area contributed by atoms with Gasteiger partial charge in [0.25, 0.3) is 0 Å². The zero-order valence-corrected chi connectivity index (χ0v) is 10.7. The van der Waals surface area contributed by atoms with Crippen molar-refractivity contribution in [2.24, 2.45) is 0 Å². The zero-order valence-electron chi connectivity index (χ0n) is 10.7. The highest BCUT2D eigenvalue weighted by Gasteiger charge is 2.31. The molecule has 0 radical (unpaired) electrons. The van der Waals surface area contributed by atoms with Gasteiger partial charge in [-0.3, -0.25) is 4.90 Å². The Morgan fingerprint density at radius 2 is 1.81 bits per heavy atom. The van der Waals surface area contributed by atoms with Crippen molar-refractivity contribution in [1.29, 1.82) is 0 Å². The molecule has 2 N–H and O–H groups in total. The van der Waals surface area contributed by atoms with Crippen molar-refractivity contribution in [1.82, 2.24) is 9.80 Å². The van der Waals surface area contributed by atoms with Crippen LogP contribution in [-0.4, -0.2) is 71.9 Å². The lowest BCUT2D eigenvalue weighted by Crippen LogP contribution is -2.48. The third-order valence-electron chi connectivity index (χ3n) is 2.40. The van der Waals surface area contributed by atoms with E-state index in [0.717, 1.165) is 26.1 Å². The van der Waals surface area contributed by atoms with Gasteiger partial charge in [0.2, 0.25) is 0 Å². The molecule has 0 amide bonds. The van der Waals surface area contributed by atoms with E-state index in [1.54, 1.807) is 0 Å². The molecule has 16 heavy (non-hydrogen) atoms. The summed E-state index contributed by atoms with van der Waals surface area (Å²) in [6.45, 7) is 5.98. The monoisotopic (exact) mass is 232 g/mol. The Bertz CT molecular complexity index is 217. The van der Waals surface area contributed by atoms with E-state index in [-0.39, 0.29) is 6.54 Å². The summed E-state index contributed by atoms with van der Waals surface area (Å²) in [4.78, 5) is 14.8. The number of hydrogen-bond donors (Lipinski definition) is 2. The molecule has 1 atom stereocenters. The zero-order chi connectivity index (χ0) is 12.8. The van der Waals surface area contributed by atoms with Crippen LogP contribution in [0.25, 0.3) is 0 Å². The molecule has 5 heteroatoms. The molecule has 0 bridgehead atoms. The molecule has 0 aromatic rings. The number of carbonyl (C=O) groups is 1. The number of likely N-dealkylation sites (N-methyl/N-ethyl adjacent to an activating group) is 1. The summed E-state index contributed by atoms with van der Waals surface area (Å²) in [7, 11) is 3.94. The number of hydrogen-bond acceptors (Lipinski definition) is 4. The minimum atomic E-state index is -1.67. The summed E-state index contributed by atoms with van der Waals surface area (Å²) < 4.78 is 0. The molecule has 0 aromatic carbocycles. The molecule has 0 aromatic heterocycles. The van der Waals surface area contributed by atoms with E-state index in [4.69, 9.17) is 5.11 Å². The van der Waals surface area contributed by atoms with Crippen LogP contribution < -0.4 is 0 Å². The minimum Gasteiger partial charge on any atom is -0.479 e. The number of rotatable bonds is 8. The Morgan fingerprint density at radius 1 is 1.25 bits per heavy atom. The molecule has 0 saturated carbocycles. The Kier molecular flexibility index (Phi) is 6.55. The van der Waals surface area contributed by atoms with Gasteiger partial charge in [-0.25, -0.2) is 4.79 Å². The molecule has 0 rings (SSSR count). The van der Waals surface area contributed by atoms with Crippen molar-refractivity contribution in [3.05, 3.63) is 0 Å². The van der Waals surface area contributed by atoms with E-state index in [0.29, 0.717) is 0 Å². The first-order valence-electron chi connectivity index (χ1n) is 5.62. The van der Waals surface area contributed by atoms with Gasteiger partial charge in [-0.1, -0.05) is 6.92 Å². The summed E-state index contributed by atoms with van der Waals surface area (Å²) in [6, 6.07) is 0. The smallest absolute Gasteiger partial charge is 0.336 e. The molecular formula is C11H24N2O3. The van der Waals surface area contributed by atoms with Gasteiger partial charge in [-0.15, -0.1) is 0 Å². The van der Waals surface area contributed by atoms with E-state index in [2.05, 4.69) is 0 Å². The fraction of sp³-hybridized carbons (Fsp3) is 0.909. The Hall–Kier alpha value is -0.650. The second-order valence-electron chi connectivity index (χ2n) is 4.66. The molecule has 0 aliphatic heterocycles. The fourth-order valence-electron chi connectivity index (χ4n) is 1.43. The van der Waals surface area contributed by atoms with Crippen LogP contribution in [0.5, 0.6) is 0 Å². The third-order valence-corrected chi connectivity index (χ3v) is 2.40. The lowest BCUT2D eigenvalue weighted by atomic mass is 10.1. The molecule has 0 saturated heterocycles. The third kappa shape index (κ3) is 6.05. The summed E-state index contributed by atoms with van der Waals surface area (Å²) in [5.74, 6) is -1.17. The summed E-state index contributed by atoms with van der Waals surface area (Å²) in [6.07, 6.45) is 0.948. The quantitative estimate of drug-likeness (QED) is 0.621. The van der Waals surface area contributed by atoms with Gasteiger partial charge < -0.3 is 15.1 Å². The normalized spacial score (nSPS) is 15.4. The standard InChI is InChI=1S/C11H24N2O3/c1-5-6-13(8-7-12(3)4)9-11(2,16)10(14)15/h16H,5-9H2,1-4H3,(H,14,15). The first-order chi connectivity index (χ1) is 7.29. The molecule has 5 nitrogen and oxygen atoms in total. The topological polar surface area (TPSA) is 64.0 Å². The van der Waals surface area contributed by atoms with Crippen LogP contribution in [0, 0.1) is 0 Å². The lowest BCUT2D eigenvalue weighted by Gasteiger charge is -2.29. The molecule has 0 fully saturated rings. The SMILES string of the molecule is CCCN(CCN(C)C)CC(C)(O)C(=O)O. The van der Waals surface area contributed by atoms with Gasteiger partial charge in [0.05, 0.1) is 0 Å². The van der Waals surface area contributed by atoms with Crippen molar-refractivity contribution in [2.75, 3.05) is 40.3 Å². The van der Waals surface area contributed by atoms with E-state index in [1.165, 1.54) is 6.92 Å². The predicted molar refractivity (Wildman–Crippen MR) is 63.5 cm³/mol. The predicted octanol–water partition coefficient (Wildman–Crippen LogP) is 0.0956. The second kappa shape index (κ2) is 6.83. The van der Waals surface area contributed by atoms with E-state index >= 15 is 0 Å². The van der Waals surface area contributed by atoms with Crippen molar-refractivity contribution < 1.29 is 15.0 Å². The average Bonchev–Trinajstić information content (AvgIpc) is 2.13. The number of carboxylic acids is 1. The maximum atomic E-state index is 10.8. The minimum absolute atomic E-state index is 0.171. The second-order valence-corrected chi connectivity index (χ2v) is 4.66. The largest absolute Gasteiger partial charge is 0.479 e. The van der Waals surface area contributed by atoms with Crippen LogP contribution in [-0.2, 0) is 4.79 Å². The van der Waals surface area contributed by atoms with Crippen LogP contribution in [0.1, 0.15) is 20.3 Å². The van der Waals surface area contributed by atoms with Gasteiger partial charge in [0.15, 0.2) is 5.60 Å². The maximum Gasteiger partial charge on any atom is 0.336 e.